The van der Waals surface area contributed by atoms with Gasteiger partial charge in [-0.1, -0.05) is 6.92 Å². The van der Waals surface area contributed by atoms with E-state index in [9.17, 15) is 8.42 Å². The number of nitrogen functional groups attached to an aromatic ring is 1. The van der Waals surface area contributed by atoms with Gasteiger partial charge >= 0.3 is 0 Å². The lowest BCUT2D eigenvalue weighted by molar-refractivity contribution is 0.405. The molecule has 0 atom stereocenters. The molecule has 20 heavy (non-hydrogen) atoms. The summed E-state index contributed by atoms with van der Waals surface area (Å²) in [5.41, 5.74) is 7.06. The van der Waals surface area contributed by atoms with Crippen molar-refractivity contribution in [3.8, 4) is 0 Å². The van der Waals surface area contributed by atoms with Gasteiger partial charge in [-0.2, -0.15) is 0 Å². The monoisotopic (exact) mass is 300 g/mol. The molecule has 0 saturated carbocycles. The quantitative estimate of drug-likeness (QED) is 0.491. The molecule has 0 fully saturated rings. The van der Waals surface area contributed by atoms with Crippen molar-refractivity contribution in [2.24, 2.45) is 0 Å². The van der Waals surface area contributed by atoms with Gasteiger partial charge in [0.05, 0.1) is 16.3 Å². The first-order valence-corrected chi connectivity index (χ1v) is 8.13. The summed E-state index contributed by atoms with van der Waals surface area (Å²) in [7, 11) is 0.576. The molecule has 0 aliphatic heterocycles. The van der Waals surface area contributed by atoms with Crippen LogP contribution in [0.3, 0.4) is 0 Å². The lowest BCUT2D eigenvalue weighted by Crippen LogP contribution is -2.23. The number of benzene rings is 1. The first kappa shape index (κ1) is 16.7. The minimum absolute atomic E-state index is 0.226. The average Bonchev–Trinajstić information content (AvgIpc) is 2.36. The fraction of sp³-hybridized carbons (Fsp3) is 0.538. The zero-order valence-corrected chi connectivity index (χ0v) is 13.1. The predicted molar refractivity (Wildman–Crippen MR) is 83.4 cm³/mol. The molecule has 0 unspecified atom stereocenters. The van der Waals surface area contributed by atoms with Gasteiger partial charge in [-0.25, -0.2) is 13.1 Å². The zero-order chi connectivity index (χ0) is 15.2. The van der Waals surface area contributed by atoms with E-state index in [1.54, 1.807) is 19.1 Å². The van der Waals surface area contributed by atoms with Crippen molar-refractivity contribution in [3.05, 3.63) is 18.2 Å². The summed E-state index contributed by atoms with van der Waals surface area (Å²) in [5, 5.41) is 3.18. The smallest absolute Gasteiger partial charge is 0.240 e. The van der Waals surface area contributed by atoms with Gasteiger partial charge in [-0.3, -0.25) is 0 Å². The Balaban J connectivity index is 2.77. The molecule has 1 rings (SSSR count). The zero-order valence-electron chi connectivity index (χ0n) is 12.3. The molecule has 0 saturated heterocycles. The molecule has 0 spiro atoms. The number of sulfonamides is 1. The summed E-state index contributed by atoms with van der Waals surface area (Å²) in [4.78, 5) is 2.32. The van der Waals surface area contributed by atoms with Crippen LogP contribution in [0.1, 0.15) is 13.3 Å². The van der Waals surface area contributed by atoms with Crippen LogP contribution in [0.2, 0.25) is 0 Å². The van der Waals surface area contributed by atoms with Gasteiger partial charge in [0.25, 0.3) is 0 Å². The maximum absolute atomic E-state index is 11.9. The van der Waals surface area contributed by atoms with E-state index in [0.29, 0.717) is 17.9 Å². The molecule has 6 nitrogen and oxygen atoms in total. The van der Waals surface area contributed by atoms with Crippen molar-refractivity contribution in [2.75, 3.05) is 44.8 Å². The lowest BCUT2D eigenvalue weighted by Gasteiger charge is -2.13. The topological polar surface area (TPSA) is 87.5 Å². The summed E-state index contributed by atoms with van der Waals surface area (Å²) in [5.74, 6) is 0. The normalized spacial score (nSPS) is 11.8. The van der Waals surface area contributed by atoms with E-state index in [4.69, 9.17) is 5.73 Å². The fourth-order valence-electron chi connectivity index (χ4n) is 1.75. The van der Waals surface area contributed by atoms with Crippen molar-refractivity contribution >= 4 is 21.4 Å². The minimum atomic E-state index is -3.45. The third kappa shape index (κ3) is 4.99. The van der Waals surface area contributed by atoms with E-state index in [2.05, 4.69) is 14.9 Å². The van der Waals surface area contributed by atoms with Crippen LogP contribution in [0.5, 0.6) is 0 Å². The molecular weight excluding hydrogens is 276 g/mol. The van der Waals surface area contributed by atoms with Gasteiger partial charge in [0.1, 0.15) is 0 Å². The third-order valence-corrected chi connectivity index (χ3v) is 4.31. The van der Waals surface area contributed by atoms with Crippen LogP contribution in [0, 0.1) is 0 Å². The average molecular weight is 300 g/mol. The number of hydrogen-bond acceptors (Lipinski definition) is 5. The standard InChI is InChI=1S/C13H24N4O2S/c1-4-16-20(18,19)11-6-7-12(14)13(10-11)15-8-5-9-17(2)3/h6-7,10,15-16H,4-5,8-9,14H2,1-3H3. The Bertz CT molecular complexity index is 529. The molecule has 0 heterocycles. The van der Waals surface area contributed by atoms with E-state index in [0.717, 1.165) is 19.5 Å². The van der Waals surface area contributed by atoms with Gasteiger partial charge in [-0.05, 0) is 45.3 Å². The maximum Gasteiger partial charge on any atom is 0.240 e. The third-order valence-electron chi connectivity index (χ3n) is 2.77. The first-order valence-electron chi connectivity index (χ1n) is 6.64. The summed E-state index contributed by atoms with van der Waals surface area (Å²) in [6.07, 6.45) is 0.955. The highest BCUT2D eigenvalue weighted by molar-refractivity contribution is 7.89. The van der Waals surface area contributed by atoms with E-state index < -0.39 is 10.0 Å². The number of anilines is 2. The van der Waals surface area contributed by atoms with E-state index in [-0.39, 0.29) is 4.90 Å². The molecule has 0 radical (unpaired) electrons. The molecular formula is C13H24N4O2S. The summed E-state index contributed by atoms with van der Waals surface area (Å²) >= 11 is 0. The van der Waals surface area contributed by atoms with Gasteiger partial charge in [0, 0.05) is 13.1 Å². The molecule has 4 N–H and O–H groups in total. The molecule has 0 amide bonds. The Hall–Kier alpha value is -1.31. The summed E-state index contributed by atoms with van der Waals surface area (Å²) in [6, 6.07) is 4.69. The molecule has 7 heteroatoms. The largest absolute Gasteiger partial charge is 0.397 e. The van der Waals surface area contributed by atoms with Crippen molar-refractivity contribution in [1.29, 1.82) is 0 Å². The Morgan fingerprint density at radius 2 is 2.00 bits per heavy atom. The van der Waals surface area contributed by atoms with Gasteiger partial charge in [-0.15, -0.1) is 0 Å². The van der Waals surface area contributed by atoms with Gasteiger partial charge in [0.15, 0.2) is 0 Å². The molecule has 1 aromatic carbocycles. The molecule has 0 bridgehead atoms. The van der Waals surface area contributed by atoms with Gasteiger partial charge < -0.3 is 16.0 Å². The van der Waals surface area contributed by atoms with Crippen LogP contribution >= 0.6 is 0 Å². The molecule has 0 aliphatic rings. The van der Waals surface area contributed by atoms with E-state index in [1.807, 2.05) is 14.1 Å². The van der Waals surface area contributed by atoms with Crippen molar-refractivity contribution in [3.63, 3.8) is 0 Å². The lowest BCUT2D eigenvalue weighted by atomic mass is 10.2. The Kier molecular flexibility index (Phi) is 6.25. The van der Waals surface area contributed by atoms with E-state index in [1.165, 1.54) is 6.07 Å². The van der Waals surface area contributed by atoms with Gasteiger partial charge in [0.2, 0.25) is 10.0 Å². The SMILES string of the molecule is CCNS(=O)(=O)c1ccc(N)c(NCCCN(C)C)c1. The van der Waals surface area contributed by atoms with Crippen LogP contribution in [-0.2, 0) is 10.0 Å². The number of nitrogens with two attached hydrogens (primary N) is 1. The van der Waals surface area contributed by atoms with Crippen LogP contribution in [0.25, 0.3) is 0 Å². The second kappa shape index (κ2) is 7.47. The highest BCUT2D eigenvalue weighted by Crippen LogP contribution is 2.22. The molecule has 114 valence electrons. The Morgan fingerprint density at radius 3 is 2.60 bits per heavy atom. The second-order valence-corrected chi connectivity index (χ2v) is 6.60. The number of nitrogens with zero attached hydrogens (tertiary/aromatic N) is 1. The predicted octanol–water partition coefficient (Wildman–Crippen LogP) is 0.931. The highest BCUT2D eigenvalue weighted by Gasteiger charge is 2.14. The summed E-state index contributed by atoms with van der Waals surface area (Å²) < 4.78 is 26.3. The summed E-state index contributed by atoms with van der Waals surface area (Å²) in [6.45, 7) is 3.81. The minimum Gasteiger partial charge on any atom is -0.397 e. The highest BCUT2D eigenvalue weighted by atomic mass is 32.2. The van der Waals surface area contributed by atoms with Crippen LogP contribution in [-0.4, -0.2) is 47.0 Å². The molecule has 0 aliphatic carbocycles. The molecule has 0 aromatic heterocycles. The second-order valence-electron chi connectivity index (χ2n) is 4.83. The Labute approximate surface area is 121 Å². The van der Waals surface area contributed by atoms with Crippen LogP contribution in [0.15, 0.2) is 23.1 Å². The van der Waals surface area contributed by atoms with Crippen molar-refractivity contribution in [2.45, 2.75) is 18.2 Å². The fourth-order valence-corrected chi connectivity index (χ4v) is 2.81. The van der Waals surface area contributed by atoms with E-state index >= 15 is 0 Å². The molecule has 1 aromatic rings. The number of hydrogen-bond donors (Lipinski definition) is 3. The van der Waals surface area contributed by atoms with Crippen molar-refractivity contribution < 1.29 is 8.42 Å². The number of nitrogens with one attached hydrogen (secondary N) is 2. The van der Waals surface area contributed by atoms with Crippen molar-refractivity contribution in [1.82, 2.24) is 9.62 Å². The maximum atomic E-state index is 11.9. The number of rotatable bonds is 8. The first-order chi connectivity index (χ1) is 9.36. The Morgan fingerprint density at radius 1 is 1.30 bits per heavy atom. The van der Waals surface area contributed by atoms with Crippen LogP contribution in [0.4, 0.5) is 11.4 Å². The van der Waals surface area contributed by atoms with Crippen LogP contribution < -0.4 is 15.8 Å².